The van der Waals surface area contributed by atoms with E-state index in [1.165, 1.54) is 0 Å². The second kappa shape index (κ2) is 5.41. The summed E-state index contributed by atoms with van der Waals surface area (Å²) in [6.45, 7) is 0. The number of aromatic nitrogens is 1. The fraction of sp³-hybridized carbons (Fsp3) is 0.400. The molecule has 19 heavy (non-hydrogen) atoms. The molecule has 0 amide bonds. The van der Waals surface area contributed by atoms with Crippen LogP contribution in [-0.2, 0) is 6.42 Å². The normalized spacial score (nSPS) is 18.2. The van der Waals surface area contributed by atoms with Crippen LogP contribution in [0, 0.1) is 5.92 Å². The highest BCUT2D eigenvalue weighted by molar-refractivity contribution is 7.09. The highest BCUT2D eigenvalue weighted by Crippen LogP contribution is 2.34. The number of rotatable bonds is 5. The standard InChI is InChI=1S/C15H17NO2S/c17-13(15(18)11-6-7-11)8-14-16-12(9-19-14)10-4-2-1-3-5-10/h1-5,9,11,13,15,17-18H,6-8H2. The molecule has 2 aromatic rings. The molecule has 1 heterocycles. The molecule has 2 unspecified atom stereocenters. The summed E-state index contributed by atoms with van der Waals surface area (Å²) in [5, 5.41) is 22.7. The second-order valence-corrected chi connectivity index (χ2v) is 6.03. The molecule has 0 radical (unpaired) electrons. The van der Waals surface area contributed by atoms with Gasteiger partial charge in [0.2, 0.25) is 0 Å². The minimum absolute atomic E-state index is 0.295. The topological polar surface area (TPSA) is 53.4 Å². The molecule has 1 aromatic heterocycles. The van der Waals surface area contributed by atoms with E-state index in [2.05, 4.69) is 4.98 Å². The Hall–Kier alpha value is -1.23. The van der Waals surface area contributed by atoms with E-state index < -0.39 is 12.2 Å². The minimum Gasteiger partial charge on any atom is -0.390 e. The van der Waals surface area contributed by atoms with Gasteiger partial charge >= 0.3 is 0 Å². The molecule has 1 aliphatic carbocycles. The Morgan fingerprint density at radius 1 is 1.21 bits per heavy atom. The number of nitrogens with zero attached hydrogens (tertiary/aromatic N) is 1. The molecule has 0 bridgehead atoms. The molecular weight excluding hydrogens is 258 g/mol. The van der Waals surface area contributed by atoms with E-state index in [9.17, 15) is 10.2 Å². The van der Waals surface area contributed by atoms with Crippen LogP contribution in [-0.4, -0.2) is 27.4 Å². The number of hydrogen-bond acceptors (Lipinski definition) is 4. The summed E-state index contributed by atoms with van der Waals surface area (Å²) < 4.78 is 0. The van der Waals surface area contributed by atoms with Crippen molar-refractivity contribution in [2.75, 3.05) is 0 Å². The van der Waals surface area contributed by atoms with E-state index in [0.29, 0.717) is 12.3 Å². The molecule has 1 saturated carbocycles. The Morgan fingerprint density at radius 2 is 1.95 bits per heavy atom. The van der Waals surface area contributed by atoms with E-state index in [1.54, 1.807) is 11.3 Å². The van der Waals surface area contributed by atoms with Crippen molar-refractivity contribution in [3.8, 4) is 11.3 Å². The van der Waals surface area contributed by atoms with Crippen molar-refractivity contribution in [2.24, 2.45) is 5.92 Å². The first-order valence-electron chi connectivity index (χ1n) is 6.60. The molecule has 0 saturated heterocycles. The molecule has 3 rings (SSSR count). The molecule has 1 aliphatic rings. The number of aliphatic hydroxyl groups excluding tert-OH is 2. The molecule has 2 atom stereocenters. The monoisotopic (exact) mass is 275 g/mol. The van der Waals surface area contributed by atoms with Crippen molar-refractivity contribution in [2.45, 2.75) is 31.5 Å². The molecular formula is C15H17NO2S. The van der Waals surface area contributed by atoms with Crippen molar-refractivity contribution in [1.29, 1.82) is 0 Å². The van der Waals surface area contributed by atoms with Crippen LogP contribution in [0.1, 0.15) is 17.8 Å². The summed E-state index contributed by atoms with van der Waals surface area (Å²) in [5.74, 6) is 0.295. The van der Waals surface area contributed by atoms with Crippen LogP contribution in [0.5, 0.6) is 0 Å². The van der Waals surface area contributed by atoms with Gasteiger partial charge < -0.3 is 10.2 Å². The van der Waals surface area contributed by atoms with Gasteiger partial charge in [0.05, 0.1) is 22.9 Å². The van der Waals surface area contributed by atoms with Crippen molar-refractivity contribution >= 4 is 11.3 Å². The van der Waals surface area contributed by atoms with Crippen molar-refractivity contribution < 1.29 is 10.2 Å². The summed E-state index contributed by atoms with van der Waals surface area (Å²) in [6.07, 6.45) is 1.22. The lowest BCUT2D eigenvalue weighted by molar-refractivity contribution is 0.00672. The lowest BCUT2D eigenvalue weighted by atomic mass is 10.1. The first-order chi connectivity index (χ1) is 9.24. The Bertz CT molecular complexity index is 536. The first kappa shape index (κ1) is 12.8. The third-order valence-electron chi connectivity index (χ3n) is 3.50. The van der Waals surface area contributed by atoms with Crippen molar-refractivity contribution in [3.63, 3.8) is 0 Å². The number of aliphatic hydroxyl groups is 2. The molecule has 1 fully saturated rings. The lowest BCUT2D eigenvalue weighted by Crippen LogP contribution is -2.29. The third kappa shape index (κ3) is 3.03. The highest BCUT2D eigenvalue weighted by Gasteiger charge is 2.34. The third-order valence-corrected chi connectivity index (χ3v) is 4.38. The molecule has 2 N–H and O–H groups in total. The summed E-state index contributed by atoms with van der Waals surface area (Å²) >= 11 is 1.54. The zero-order valence-corrected chi connectivity index (χ0v) is 11.4. The van der Waals surface area contributed by atoms with Crippen LogP contribution in [0.4, 0.5) is 0 Å². The summed E-state index contributed by atoms with van der Waals surface area (Å²) in [4.78, 5) is 4.53. The second-order valence-electron chi connectivity index (χ2n) is 5.09. The average Bonchev–Trinajstić information content (AvgIpc) is 3.19. The molecule has 0 spiro atoms. The van der Waals surface area contributed by atoms with Gasteiger partial charge in [-0.3, -0.25) is 0 Å². The summed E-state index contributed by atoms with van der Waals surface area (Å²) in [6, 6.07) is 10.00. The smallest absolute Gasteiger partial charge is 0.0959 e. The Balaban J connectivity index is 1.68. The quantitative estimate of drug-likeness (QED) is 0.881. The average molecular weight is 275 g/mol. The van der Waals surface area contributed by atoms with Crippen molar-refractivity contribution in [3.05, 3.63) is 40.7 Å². The molecule has 4 heteroatoms. The molecule has 100 valence electrons. The van der Waals surface area contributed by atoms with E-state index in [4.69, 9.17) is 0 Å². The zero-order chi connectivity index (χ0) is 13.2. The van der Waals surface area contributed by atoms with Gasteiger partial charge in [-0.2, -0.15) is 0 Å². The van der Waals surface area contributed by atoms with Crippen LogP contribution in [0.3, 0.4) is 0 Å². The summed E-state index contributed by atoms with van der Waals surface area (Å²) in [5.41, 5.74) is 2.02. The van der Waals surface area contributed by atoms with Crippen LogP contribution in [0.2, 0.25) is 0 Å². The van der Waals surface area contributed by atoms with Gasteiger partial charge in [-0.25, -0.2) is 4.98 Å². The van der Waals surface area contributed by atoms with Gasteiger partial charge in [0.25, 0.3) is 0 Å². The lowest BCUT2D eigenvalue weighted by Gasteiger charge is -2.15. The molecule has 1 aromatic carbocycles. The fourth-order valence-electron chi connectivity index (χ4n) is 2.20. The fourth-order valence-corrected chi connectivity index (χ4v) is 3.05. The van der Waals surface area contributed by atoms with Gasteiger partial charge in [-0.15, -0.1) is 11.3 Å². The van der Waals surface area contributed by atoms with Gasteiger partial charge in [-0.05, 0) is 18.8 Å². The maximum atomic E-state index is 9.98. The van der Waals surface area contributed by atoms with Gasteiger partial charge in [0.15, 0.2) is 0 Å². The van der Waals surface area contributed by atoms with Crippen LogP contribution in [0.25, 0.3) is 11.3 Å². The van der Waals surface area contributed by atoms with Crippen LogP contribution >= 0.6 is 11.3 Å². The summed E-state index contributed by atoms with van der Waals surface area (Å²) in [7, 11) is 0. The van der Waals surface area contributed by atoms with E-state index in [0.717, 1.165) is 29.1 Å². The Labute approximate surface area is 116 Å². The Morgan fingerprint density at radius 3 is 2.63 bits per heavy atom. The Kier molecular flexibility index (Phi) is 3.64. The zero-order valence-electron chi connectivity index (χ0n) is 10.6. The highest BCUT2D eigenvalue weighted by atomic mass is 32.1. The number of thiazole rings is 1. The van der Waals surface area contributed by atoms with E-state index in [-0.39, 0.29) is 0 Å². The van der Waals surface area contributed by atoms with Gasteiger partial charge in [0.1, 0.15) is 0 Å². The maximum Gasteiger partial charge on any atom is 0.0959 e. The predicted molar refractivity (Wildman–Crippen MR) is 76.0 cm³/mol. The first-order valence-corrected chi connectivity index (χ1v) is 7.48. The largest absolute Gasteiger partial charge is 0.390 e. The minimum atomic E-state index is -0.692. The molecule has 0 aliphatic heterocycles. The van der Waals surface area contributed by atoms with Crippen molar-refractivity contribution in [1.82, 2.24) is 4.98 Å². The van der Waals surface area contributed by atoms with Gasteiger partial charge in [0, 0.05) is 17.4 Å². The SMILES string of the molecule is OC(Cc1nc(-c2ccccc2)cs1)C(O)C1CC1. The molecule has 3 nitrogen and oxygen atoms in total. The van der Waals surface area contributed by atoms with E-state index in [1.807, 2.05) is 35.7 Å². The van der Waals surface area contributed by atoms with Crippen LogP contribution in [0.15, 0.2) is 35.7 Å². The van der Waals surface area contributed by atoms with E-state index >= 15 is 0 Å². The number of benzene rings is 1. The van der Waals surface area contributed by atoms with Crippen LogP contribution < -0.4 is 0 Å². The number of hydrogen-bond donors (Lipinski definition) is 2. The maximum absolute atomic E-state index is 9.98. The predicted octanol–water partition coefficient (Wildman–Crippen LogP) is 2.48. The van der Waals surface area contributed by atoms with Gasteiger partial charge in [-0.1, -0.05) is 30.3 Å².